The molecule has 1 amide bonds. The van der Waals surface area contributed by atoms with E-state index >= 15 is 0 Å². The van der Waals surface area contributed by atoms with Crippen molar-refractivity contribution in [1.82, 2.24) is 4.90 Å². The van der Waals surface area contributed by atoms with Crippen molar-refractivity contribution in [3.63, 3.8) is 0 Å². The van der Waals surface area contributed by atoms with Gasteiger partial charge in [-0.1, -0.05) is 12.1 Å². The topological polar surface area (TPSA) is 64.8 Å². The zero-order valence-electron chi connectivity index (χ0n) is 15.0. The molecule has 2 aliphatic rings. The number of amides is 1. The molecule has 1 spiro atoms. The van der Waals surface area contributed by atoms with E-state index in [1.54, 1.807) is 7.11 Å². The van der Waals surface area contributed by atoms with Crippen molar-refractivity contribution in [2.75, 3.05) is 26.8 Å². The van der Waals surface area contributed by atoms with Gasteiger partial charge in [0.2, 0.25) is 0 Å². The average Bonchev–Trinajstić information content (AvgIpc) is 3.05. The maximum absolute atomic E-state index is 12.8. The van der Waals surface area contributed by atoms with Gasteiger partial charge in [0.25, 0.3) is 5.91 Å². The normalized spacial score (nSPS) is 17.7. The maximum atomic E-state index is 12.8. The minimum atomic E-state index is 0.0111. The molecule has 2 N–H and O–H groups in total. The number of hydrogen-bond donors (Lipinski definition) is 1. The molecule has 4 rings (SSSR count). The molecule has 0 radical (unpaired) electrons. The van der Waals surface area contributed by atoms with E-state index in [1.165, 1.54) is 5.56 Å². The van der Waals surface area contributed by atoms with Gasteiger partial charge in [-0.3, -0.25) is 4.79 Å². The van der Waals surface area contributed by atoms with Gasteiger partial charge in [-0.15, -0.1) is 0 Å². The van der Waals surface area contributed by atoms with Crippen LogP contribution in [0, 0.1) is 0 Å². The lowest BCUT2D eigenvalue weighted by molar-refractivity contribution is 0.0646. The van der Waals surface area contributed by atoms with Gasteiger partial charge in [-0.2, -0.15) is 0 Å². The molecule has 2 aromatic carbocycles. The summed E-state index contributed by atoms with van der Waals surface area (Å²) in [6, 6.07) is 13.5. The van der Waals surface area contributed by atoms with Gasteiger partial charge in [0.05, 0.1) is 13.7 Å². The second kappa shape index (κ2) is 6.65. The highest BCUT2D eigenvalue weighted by Gasteiger charge is 2.43. The minimum Gasteiger partial charge on any atom is -0.497 e. The molecule has 0 saturated carbocycles. The molecule has 26 heavy (non-hydrogen) atoms. The van der Waals surface area contributed by atoms with Gasteiger partial charge in [0, 0.05) is 36.2 Å². The van der Waals surface area contributed by atoms with Crippen molar-refractivity contribution in [2.24, 2.45) is 5.73 Å². The van der Waals surface area contributed by atoms with E-state index in [1.807, 2.05) is 41.3 Å². The molecule has 2 aliphatic heterocycles. The summed E-state index contributed by atoms with van der Waals surface area (Å²) >= 11 is 0. The number of hydrogen-bond acceptors (Lipinski definition) is 4. The number of carbonyl (C=O) groups excluding carboxylic acids is 1. The van der Waals surface area contributed by atoms with E-state index in [0.717, 1.165) is 43.0 Å². The summed E-state index contributed by atoms with van der Waals surface area (Å²) in [5.41, 5.74) is 8.91. The van der Waals surface area contributed by atoms with Crippen molar-refractivity contribution >= 4 is 5.91 Å². The number of benzene rings is 2. The van der Waals surface area contributed by atoms with Crippen molar-refractivity contribution in [3.05, 3.63) is 59.2 Å². The Bertz CT molecular complexity index is 809. The molecular weight excluding hydrogens is 328 g/mol. The Morgan fingerprint density at radius 3 is 2.58 bits per heavy atom. The molecule has 5 nitrogen and oxygen atoms in total. The minimum absolute atomic E-state index is 0.0111. The predicted molar refractivity (Wildman–Crippen MR) is 99.6 cm³/mol. The molecular formula is C21H24N2O3. The largest absolute Gasteiger partial charge is 0.497 e. The van der Waals surface area contributed by atoms with Crippen LogP contribution in [0.1, 0.15) is 34.3 Å². The van der Waals surface area contributed by atoms with E-state index in [9.17, 15) is 4.79 Å². The van der Waals surface area contributed by atoms with Gasteiger partial charge in [-0.05, 0) is 48.7 Å². The van der Waals surface area contributed by atoms with Crippen LogP contribution in [0.3, 0.4) is 0 Å². The quantitative estimate of drug-likeness (QED) is 0.922. The number of fused-ring (bicyclic) bond motifs is 2. The summed E-state index contributed by atoms with van der Waals surface area (Å²) in [4.78, 5) is 14.7. The molecule has 2 heterocycles. The third-order valence-corrected chi connectivity index (χ3v) is 5.70. The SMILES string of the molecule is COc1ccc(C(=O)N2CCC3(CC2)COc2ccc(CN)cc23)cc1. The molecule has 1 saturated heterocycles. The zero-order valence-corrected chi connectivity index (χ0v) is 15.0. The Kier molecular flexibility index (Phi) is 4.32. The summed E-state index contributed by atoms with van der Waals surface area (Å²) in [6.45, 7) is 2.70. The van der Waals surface area contributed by atoms with Crippen LogP contribution in [0.4, 0.5) is 0 Å². The Morgan fingerprint density at radius 1 is 1.19 bits per heavy atom. The fraction of sp³-hybridized carbons (Fsp3) is 0.381. The van der Waals surface area contributed by atoms with Crippen LogP contribution in [0.15, 0.2) is 42.5 Å². The first-order valence-corrected chi connectivity index (χ1v) is 9.05. The number of nitrogens with zero attached hydrogens (tertiary/aromatic N) is 1. The third-order valence-electron chi connectivity index (χ3n) is 5.70. The fourth-order valence-electron chi connectivity index (χ4n) is 4.01. The van der Waals surface area contributed by atoms with Gasteiger partial charge < -0.3 is 20.1 Å². The van der Waals surface area contributed by atoms with E-state index in [2.05, 4.69) is 6.07 Å². The highest BCUT2D eigenvalue weighted by Crippen LogP contribution is 2.46. The fourth-order valence-corrected chi connectivity index (χ4v) is 4.01. The number of likely N-dealkylation sites (tertiary alicyclic amines) is 1. The lowest BCUT2D eigenvalue weighted by Crippen LogP contribution is -2.46. The summed E-state index contributed by atoms with van der Waals surface area (Å²) < 4.78 is 11.1. The zero-order chi connectivity index (χ0) is 18.1. The number of ether oxygens (including phenoxy) is 2. The lowest BCUT2D eigenvalue weighted by Gasteiger charge is -2.38. The van der Waals surface area contributed by atoms with Crippen molar-refractivity contribution in [2.45, 2.75) is 24.8 Å². The van der Waals surface area contributed by atoms with E-state index in [-0.39, 0.29) is 11.3 Å². The summed E-state index contributed by atoms with van der Waals surface area (Å²) in [5.74, 6) is 1.81. The van der Waals surface area contributed by atoms with Crippen molar-refractivity contribution in [3.8, 4) is 11.5 Å². The van der Waals surface area contributed by atoms with Gasteiger partial charge in [-0.25, -0.2) is 0 Å². The van der Waals surface area contributed by atoms with Gasteiger partial charge in [0.1, 0.15) is 11.5 Å². The van der Waals surface area contributed by atoms with Crippen molar-refractivity contribution < 1.29 is 14.3 Å². The van der Waals surface area contributed by atoms with E-state index in [4.69, 9.17) is 15.2 Å². The maximum Gasteiger partial charge on any atom is 0.253 e. The Hall–Kier alpha value is -2.53. The van der Waals surface area contributed by atoms with Crippen molar-refractivity contribution in [1.29, 1.82) is 0 Å². The van der Waals surface area contributed by atoms with Gasteiger partial charge in [0.15, 0.2) is 0 Å². The number of methoxy groups -OCH3 is 1. The Balaban J connectivity index is 1.49. The second-order valence-electron chi connectivity index (χ2n) is 7.12. The van der Waals surface area contributed by atoms with Crippen LogP contribution in [0.5, 0.6) is 11.5 Å². The molecule has 1 fully saturated rings. The molecule has 0 unspecified atom stereocenters. The predicted octanol–water partition coefficient (Wildman–Crippen LogP) is 2.72. The molecule has 136 valence electrons. The molecule has 2 aromatic rings. The van der Waals surface area contributed by atoms with E-state index < -0.39 is 0 Å². The smallest absolute Gasteiger partial charge is 0.253 e. The van der Waals surface area contributed by atoms with Crippen LogP contribution < -0.4 is 15.2 Å². The number of piperidine rings is 1. The van der Waals surface area contributed by atoms with Crippen LogP contribution in [-0.4, -0.2) is 37.6 Å². The Labute approximate surface area is 153 Å². The highest BCUT2D eigenvalue weighted by atomic mass is 16.5. The number of rotatable bonds is 3. The van der Waals surface area contributed by atoms with Crippen LogP contribution in [0.2, 0.25) is 0 Å². The van der Waals surface area contributed by atoms with E-state index in [0.29, 0.717) is 18.7 Å². The van der Waals surface area contributed by atoms with Gasteiger partial charge >= 0.3 is 0 Å². The summed E-state index contributed by atoms with van der Waals surface area (Å²) in [6.07, 6.45) is 1.83. The first-order valence-electron chi connectivity index (χ1n) is 9.05. The standard InChI is InChI=1S/C21H24N2O3/c1-25-17-5-3-16(4-6-17)20(24)23-10-8-21(9-11-23)14-26-19-7-2-15(13-22)12-18(19)21/h2-7,12H,8-11,13-14,22H2,1H3. The first-order chi connectivity index (χ1) is 12.6. The van der Waals surface area contributed by atoms with Crippen LogP contribution in [-0.2, 0) is 12.0 Å². The first kappa shape index (κ1) is 16.9. The highest BCUT2D eigenvalue weighted by molar-refractivity contribution is 5.94. The Morgan fingerprint density at radius 2 is 1.92 bits per heavy atom. The van der Waals surface area contributed by atoms with Crippen LogP contribution >= 0.6 is 0 Å². The number of nitrogens with two attached hydrogens (primary N) is 1. The molecule has 0 aromatic heterocycles. The lowest BCUT2D eigenvalue weighted by atomic mass is 9.74. The molecule has 0 atom stereocenters. The molecule has 5 heteroatoms. The monoisotopic (exact) mass is 352 g/mol. The van der Waals surface area contributed by atoms with Crippen LogP contribution in [0.25, 0.3) is 0 Å². The summed E-state index contributed by atoms with van der Waals surface area (Å²) in [7, 11) is 1.62. The molecule has 0 aliphatic carbocycles. The molecule has 0 bridgehead atoms. The number of carbonyl (C=O) groups is 1. The average molecular weight is 352 g/mol. The third kappa shape index (κ3) is 2.82. The summed E-state index contributed by atoms with van der Waals surface area (Å²) in [5, 5.41) is 0. The second-order valence-corrected chi connectivity index (χ2v) is 7.12.